The van der Waals surface area contributed by atoms with Crippen molar-refractivity contribution in [3.63, 3.8) is 0 Å². The average Bonchev–Trinajstić information content (AvgIpc) is 2.88. The molecule has 0 saturated heterocycles. The number of esters is 1. The molecule has 1 aliphatic carbocycles. The zero-order valence-electron chi connectivity index (χ0n) is 20.2. The smallest absolute Gasteiger partial charge is 0.341 e. The SMILES string of the molecule is C=CCCOc1ccc(C2CCC(OC(=O)c3ccc(-c4ccc(C)cc4)c(F)c3F)CC2)cc1F. The van der Waals surface area contributed by atoms with Gasteiger partial charge in [-0.2, -0.15) is 0 Å². The van der Waals surface area contributed by atoms with E-state index in [1.54, 1.807) is 24.3 Å². The fourth-order valence-corrected chi connectivity index (χ4v) is 4.53. The van der Waals surface area contributed by atoms with Crippen molar-refractivity contribution in [2.75, 3.05) is 6.61 Å². The van der Waals surface area contributed by atoms with E-state index in [1.807, 2.05) is 25.1 Å². The second-order valence-corrected chi connectivity index (χ2v) is 9.15. The van der Waals surface area contributed by atoms with Crippen LogP contribution in [0.5, 0.6) is 5.75 Å². The molecule has 0 aromatic heterocycles. The number of aryl methyl sites for hydroxylation is 1. The third-order valence-electron chi connectivity index (χ3n) is 6.62. The molecule has 0 amide bonds. The molecule has 4 rings (SSSR count). The van der Waals surface area contributed by atoms with Gasteiger partial charge in [-0.05, 0) is 74.3 Å². The number of carbonyl (C=O) groups is 1. The van der Waals surface area contributed by atoms with Crippen LogP contribution < -0.4 is 4.74 Å². The maximum absolute atomic E-state index is 14.8. The second kappa shape index (κ2) is 11.5. The molecule has 0 aliphatic heterocycles. The van der Waals surface area contributed by atoms with Crippen molar-refractivity contribution in [2.24, 2.45) is 0 Å². The number of hydrogen-bond acceptors (Lipinski definition) is 3. The topological polar surface area (TPSA) is 35.5 Å². The number of benzene rings is 3. The minimum absolute atomic E-state index is 0.0916. The van der Waals surface area contributed by atoms with Gasteiger partial charge in [-0.25, -0.2) is 18.0 Å². The predicted molar refractivity (Wildman–Crippen MR) is 134 cm³/mol. The summed E-state index contributed by atoms with van der Waals surface area (Å²) in [5, 5.41) is 0. The van der Waals surface area contributed by atoms with Gasteiger partial charge in [-0.1, -0.05) is 48.0 Å². The molecule has 0 N–H and O–H groups in total. The van der Waals surface area contributed by atoms with Crippen molar-refractivity contribution in [3.05, 3.63) is 101 Å². The van der Waals surface area contributed by atoms with Crippen molar-refractivity contribution in [3.8, 4) is 16.9 Å². The van der Waals surface area contributed by atoms with Gasteiger partial charge in [0.15, 0.2) is 23.2 Å². The van der Waals surface area contributed by atoms with Crippen molar-refractivity contribution in [1.29, 1.82) is 0 Å². The van der Waals surface area contributed by atoms with E-state index in [4.69, 9.17) is 9.47 Å². The van der Waals surface area contributed by atoms with Crippen LogP contribution in [0.3, 0.4) is 0 Å². The summed E-state index contributed by atoms with van der Waals surface area (Å²) in [6.45, 7) is 5.89. The van der Waals surface area contributed by atoms with E-state index in [-0.39, 0.29) is 17.2 Å². The Morgan fingerprint density at radius 3 is 2.36 bits per heavy atom. The molecule has 1 fully saturated rings. The summed E-state index contributed by atoms with van der Waals surface area (Å²) < 4.78 is 54.8. The Kier molecular flexibility index (Phi) is 8.14. The molecule has 0 atom stereocenters. The standard InChI is InChI=1S/C30H29F3O3/c1-3-4-17-35-27-16-11-22(18-26(27)31)20-9-12-23(13-10-20)36-30(34)25-15-14-24(28(32)29(25)33)21-7-5-19(2)6-8-21/h3,5-8,11,14-16,18,20,23H,1,4,9-10,12-13,17H2,2H3. The fourth-order valence-electron chi connectivity index (χ4n) is 4.53. The molecule has 3 nitrogen and oxygen atoms in total. The van der Waals surface area contributed by atoms with Crippen LogP contribution in [0.15, 0.2) is 67.3 Å². The Morgan fingerprint density at radius 2 is 1.69 bits per heavy atom. The molecule has 6 heteroatoms. The summed E-state index contributed by atoms with van der Waals surface area (Å²) in [5.74, 6) is -3.23. The highest BCUT2D eigenvalue weighted by Gasteiger charge is 2.28. The Balaban J connectivity index is 1.36. The molecule has 1 aliphatic rings. The summed E-state index contributed by atoms with van der Waals surface area (Å²) in [7, 11) is 0. The molecule has 188 valence electrons. The minimum Gasteiger partial charge on any atom is -0.490 e. The first-order chi connectivity index (χ1) is 17.4. The molecule has 1 saturated carbocycles. The number of ether oxygens (including phenoxy) is 2. The Labute approximate surface area is 209 Å². The van der Waals surface area contributed by atoms with Gasteiger partial charge < -0.3 is 9.47 Å². The van der Waals surface area contributed by atoms with Gasteiger partial charge in [0.05, 0.1) is 12.2 Å². The molecule has 0 bridgehead atoms. The van der Waals surface area contributed by atoms with Gasteiger partial charge in [-0.15, -0.1) is 6.58 Å². The number of halogens is 3. The molecular weight excluding hydrogens is 465 g/mol. The van der Waals surface area contributed by atoms with E-state index >= 15 is 0 Å². The summed E-state index contributed by atoms with van der Waals surface area (Å²) >= 11 is 0. The Morgan fingerprint density at radius 1 is 0.972 bits per heavy atom. The first-order valence-electron chi connectivity index (χ1n) is 12.2. The van der Waals surface area contributed by atoms with Crippen LogP contribution in [-0.2, 0) is 4.74 Å². The number of rotatable bonds is 8. The minimum atomic E-state index is -1.21. The van der Waals surface area contributed by atoms with E-state index in [1.165, 1.54) is 18.2 Å². The maximum atomic E-state index is 14.8. The number of hydrogen-bond donors (Lipinski definition) is 0. The summed E-state index contributed by atoms with van der Waals surface area (Å²) in [6.07, 6.45) is 4.44. The zero-order valence-corrected chi connectivity index (χ0v) is 20.2. The van der Waals surface area contributed by atoms with Crippen molar-refractivity contribution in [2.45, 2.75) is 51.0 Å². The fraction of sp³-hybridized carbons (Fsp3) is 0.300. The van der Waals surface area contributed by atoms with Gasteiger partial charge in [0.1, 0.15) is 6.10 Å². The van der Waals surface area contributed by atoms with Crippen molar-refractivity contribution >= 4 is 5.97 Å². The maximum Gasteiger partial charge on any atom is 0.341 e. The normalized spacial score (nSPS) is 17.4. The van der Waals surface area contributed by atoms with Gasteiger partial charge in [0.2, 0.25) is 0 Å². The van der Waals surface area contributed by atoms with Crippen LogP contribution >= 0.6 is 0 Å². The summed E-state index contributed by atoms with van der Waals surface area (Å²) in [4.78, 5) is 12.6. The second-order valence-electron chi connectivity index (χ2n) is 9.15. The molecule has 0 radical (unpaired) electrons. The third-order valence-corrected chi connectivity index (χ3v) is 6.62. The van der Waals surface area contributed by atoms with Gasteiger partial charge in [0.25, 0.3) is 0 Å². The van der Waals surface area contributed by atoms with Gasteiger partial charge in [0, 0.05) is 5.56 Å². The molecule has 0 spiro atoms. The van der Waals surface area contributed by atoms with E-state index in [0.717, 1.165) is 11.1 Å². The Bertz CT molecular complexity index is 1230. The van der Waals surface area contributed by atoms with Gasteiger partial charge in [-0.3, -0.25) is 0 Å². The average molecular weight is 495 g/mol. The summed E-state index contributed by atoms with van der Waals surface area (Å²) in [6, 6.07) is 14.7. The summed E-state index contributed by atoms with van der Waals surface area (Å²) in [5.41, 5.74) is 2.08. The molecular formula is C30H29F3O3. The van der Waals surface area contributed by atoms with Crippen LogP contribution in [0.1, 0.15) is 59.5 Å². The first-order valence-corrected chi connectivity index (χ1v) is 12.2. The lowest BCUT2D eigenvalue weighted by Crippen LogP contribution is -2.24. The molecule has 3 aromatic rings. The highest BCUT2D eigenvalue weighted by Crippen LogP contribution is 2.36. The first kappa shape index (κ1) is 25.5. The lowest BCUT2D eigenvalue weighted by molar-refractivity contribution is 0.0189. The largest absolute Gasteiger partial charge is 0.490 e. The highest BCUT2D eigenvalue weighted by atomic mass is 19.2. The van der Waals surface area contributed by atoms with Crippen LogP contribution in [0.25, 0.3) is 11.1 Å². The van der Waals surface area contributed by atoms with Crippen LogP contribution in [0, 0.1) is 24.4 Å². The van der Waals surface area contributed by atoms with E-state index in [9.17, 15) is 18.0 Å². The Hall–Kier alpha value is -3.54. The molecule has 0 unspecified atom stereocenters. The van der Waals surface area contributed by atoms with E-state index in [2.05, 4.69) is 6.58 Å². The number of carbonyl (C=O) groups excluding carboxylic acids is 1. The van der Waals surface area contributed by atoms with Crippen LogP contribution in [0.2, 0.25) is 0 Å². The lowest BCUT2D eigenvalue weighted by Gasteiger charge is -2.28. The van der Waals surface area contributed by atoms with Crippen LogP contribution in [-0.4, -0.2) is 18.7 Å². The van der Waals surface area contributed by atoms with Crippen molar-refractivity contribution < 1.29 is 27.4 Å². The quantitative estimate of drug-likeness (QED) is 0.181. The van der Waals surface area contributed by atoms with E-state index in [0.29, 0.717) is 44.3 Å². The molecule has 36 heavy (non-hydrogen) atoms. The van der Waals surface area contributed by atoms with E-state index < -0.39 is 35.1 Å². The van der Waals surface area contributed by atoms with Gasteiger partial charge >= 0.3 is 5.97 Å². The lowest BCUT2D eigenvalue weighted by atomic mass is 9.82. The predicted octanol–water partition coefficient (Wildman–Crippen LogP) is 7.92. The molecule has 0 heterocycles. The highest BCUT2D eigenvalue weighted by molar-refractivity contribution is 5.90. The zero-order chi connectivity index (χ0) is 25.7. The molecule has 3 aromatic carbocycles. The van der Waals surface area contributed by atoms with Crippen molar-refractivity contribution in [1.82, 2.24) is 0 Å². The third kappa shape index (κ3) is 5.81. The van der Waals surface area contributed by atoms with Crippen LogP contribution in [0.4, 0.5) is 13.2 Å². The monoisotopic (exact) mass is 494 g/mol.